The standard InChI is InChI=1S/C60H118NO7P/c1-6-8-10-12-14-16-18-20-22-24-26-28-30-31-32-33-35-37-39-41-43-45-47-49-51-53-60(62)68-59(58-67-69(63,64)66-56-54-61(3,4)5)57-65-55-52-50-48-46-44-42-40-38-36-34-29-27-25-23-21-19-17-15-13-11-9-7-2/h18,20,24,26,59H,6-17,19,21-23,25,27-58H2,1-5H3/b20-18-,26-24-. The number of carbonyl (C=O) groups excluding carboxylic acids is 1. The van der Waals surface area contributed by atoms with Gasteiger partial charge in [0.2, 0.25) is 0 Å². The van der Waals surface area contributed by atoms with Crippen molar-refractivity contribution >= 4 is 13.8 Å². The molecule has 2 unspecified atom stereocenters. The summed E-state index contributed by atoms with van der Waals surface area (Å²) in [6, 6.07) is 0. The zero-order valence-corrected chi connectivity index (χ0v) is 47.7. The average Bonchev–Trinajstić information content (AvgIpc) is 3.31. The Kier molecular flexibility index (Phi) is 52.5. The number of likely N-dealkylation sites (N-methyl/N-ethyl adjacent to an activating group) is 1. The SMILES string of the molecule is CCCCCCC/C=C\C/C=C\CCCCCCCCCCCCCCCC(=O)OC(COCCCCCCCCCCCCCCCCCCCCCCCC)COP(=O)([O-])OCC[N+](C)(C)C. The number of phosphoric ester groups is 1. The van der Waals surface area contributed by atoms with E-state index in [2.05, 4.69) is 38.2 Å². The van der Waals surface area contributed by atoms with Crippen molar-refractivity contribution in [1.82, 2.24) is 0 Å². The van der Waals surface area contributed by atoms with E-state index in [0.29, 0.717) is 24.1 Å². The van der Waals surface area contributed by atoms with Crippen LogP contribution in [-0.2, 0) is 27.9 Å². The Labute approximate surface area is 430 Å². The predicted octanol–water partition coefficient (Wildman–Crippen LogP) is 18.4. The van der Waals surface area contributed by atoms with E-state index in [-0.39, 0.29) is 25.8 Å². The molecule has 69 heavy (non-hydrogen) atoms. The maximum Gasteiger partial charge on any atom is 0.306 e. The fraction of sp³-hybridized carbons (Fsp3) is 0.917. The van der Waals surface area contributed by atoms with Gasteiger partial charge < -0.3 is 27.9 Å². The van der Waals surface area contributed by atoms with Gasteiger partial charge in [0.25, 0.3) is 7.82 Å². The van der Waals surface area contributed by atoms with E-state index in [4.69, 9.17) is 18.5 Å². The lowest BCUT2D eigenvalue weighted by Gasteiger charge is -2.28. The monoisotopic (exact) mass is 996 g/mol. The van der Waals surface area contributed by atoms with E-state index in [1.807, 2.05) is 21.1 Å². The number of carbonyl (C=O) groups is 1. The number of phosphoric acid groups is 1. The Bertz CT molecular complexity index is 1160. The first-order chi connectivity index (χ1) is 33.6. The number of allylic oxidation sites excluding steroid dienone is 4. The van der Waals surface area contributed by atoms with Crippen LogP contribution in [0, 0.1) is 0 Å². The zero-order chi connectivity index (χ0) is 50.5. The summed E-state index contributed by atoms with van der Waals surface area (Å²) in [4.78, 5) is 25.3. The lowest BCUT2D eigenvalue weighted by molar-refractivity contribution is -0.870. The van der Waals surface area contributed by atoms with Gasteiger partial charge in [0.05, 0.1) is 34.4 Å². The summed E-state index contributed by atoms with van der Waals surface area (Å²) in [5, 5.41) is 0. The number of nitrogens with zero attached hydrogens (tertiary/aromatic N) is 1. The molecule has 0 spiro atoms. The molecule has 0 saturated carbocycles. The van der Waals surface area contributed by atoms with Crippen molar-refractivity contribution in [2.24, 2.45) is 0 Å². The highest BCUT2D eigenvalue weighted by Crippen LogP contribution is 2.38. The van der Waals surface area contributed by atoms with Gasteiger partial charge in [0.1, 0.15) is 19.3 Å². The average molecular weight is 997 g/mol. The summed E-state index contributed by atoms with van der Waals surface area (Å²) in [5.41, 5.74) is 0. The smallest absolute Gasteiger partial charge is 0.306 e. The van der Waals surface area contributed by atoms with Crippen LogP contribution in [0.15, 0.2) is 24.3 Å². The van der Waals surface area contributed by atoms with Gasteiger partial charge in [-0.05, 0) is 44.9 Å². The van der Waals surface area contributed by atoms with E-state index in [0.717, 1.165) is 38.5 Å². The van der Waals surface area contributed by atoms with Crippen LogP contribution in [0.25, 0.3) is 0 Å². The minimum Gasteiger partial charge on any atom is -0.756 e. The molecule has 0 amide bonds. The molecule has 0 aliphatic heterocycles. The summed E-state index contributed by atoms with van der Waals surface area (Å²) in [6.45, 7) is 5.48. The highest BCUT2D eigenvalue weighted by Gasteiger charge is 2.20. The van der Waals surface area contributed by atoms with Crippen LogP contribution in [0.2, 0.25) is 0 Å². The molecule has 0 bridgehead atoms. The van der Waals surface area contributed by atoms with Gasteiger partial charge >= 0.3 is 5.97 Å². The number of hydrogen-bond donors (Lipinski definition) is 0. The van der Waals surface area contributed by atoms with Crippen LogP contribution in [0.3, 0.4) is 0 Å². The van der Waals surface area contributed by atoms with Crippen molar-refractivity contribution < 1.29 is 37.3 Å². The highest BCUT2D eigenvalue weighted by atomic mass is 31.2. The molecule has 0 aliphatic carbocycles. The van der Waals surface area contributed by atoms with Crippen LogP contribution in [-0.4, -0.2) is 70.7 Å². The van der Waals surface area contributed by atoms with Crippen molar-refractivity contribution in [2.75, 3.05) is 54.1 Å². The Morgan fingerprint density at radius 2 is 0.797 bits per heavy atom. The molecule has 2 atom stereocenters. The van der Waals surface area contributed by atoms with Crippen LogP contribution in [0.1, 0.15) is 296 Å². The fourth-order valence-corrected chi connectivity index (χ4v) is 9.60. The molecular weight excluding hydrogens is 878 g/mol. The zero-order valence-electron chi connectivity index (χ0n) is 46.8. The van der Waals surface area contributed by atoms with E-state index in [1.54, 1.807) is 0 Å². The molecule has 410 valence electrons. The first-order valence-electron chi connectivity index (χ1n) is 30.1. The number of ether oxygens (including phenoxy) is 2. The maximum absolute atomic E-state index is 12.8. The Morgan fingerprint density at radius 1 is 0.449 bits per heavy atom. The van der Waals surface area contributed by atoms with Crippen molar-refractivity contribution in [1.29, 1.82) is 0 Å². The van der Waals surface area contributed by atoms with Crippen molar-refractivity contribution in [3.05, 3.63) is 24.3 Å². The van der Waals surface area contributed by atoms with Gasteiger partial charge in [-0.3, -0.25) is 9.36 Å². The molecule has 9 heteroatoms. The van der Waals surface area contributed by atoms with Gasteiger partial charge in [-0.2, -0.15) is 0 Å². The van der Waals surface area contributed by atoms with E-state index in [1.165, 1.54) is 238 Å². The van der Waals surface area contributed by atoms with E-state index < -0.39 is 13.9 Å². The molecule has 0 aromatic rings. The molecule has 0 radical (unpaired) electrons. The largest absolute Gasteiger partial charge is 0.756 e. The Balaban J connectivity index is 4.01. The molecule has 0 aliphatic rings. The molecule has 0 rings (SSSR count). The molecule has 0 aromatic heterocycles. The summed E-state index contributed by atoms with van der Waals surface area (Å²) >= 11 is 0. The van der Waals surface area contributed by atoms with E-state index in [9.17, 15) is 14.3 Å². The number of rotatable bonds is 57. The van der Waals surface area contributed by atoms with Crippen LogP contribution in [0.5, 0.6) is 0 Å². The number of esters is 1. The van der Waals surface area contributed by atoms with Crippen LogP contribution >= 0.6 is 7.82 Å². The number of hydrogen-bond acceptors (Lipinski definition) is 7. The normalized spacial score (nSPS) is 13.5. The highest BCUT2D eigenvalue weighted by molar-refractivity contribution is 7.45. The van der Waals surface area contributed by atoms with E-state index >= 15 is 0 Å². The van der Waals surface area contributed by atoms with Gasteiger partial charge in [-0.15, -0.1) is 0 Å². The molecule has 0 saturated heterocycles. The maximum atomic E-state index is 12.8. The third-order valence-electron chi connectivity index (χ3n) is 13.5. The van der Waals surface area contributed by atoms with Crippen molar-refractivity contribution in [2.45, 2.75) is 302 Å². The van der Waals surface area contributed by atoms with Crippen LogP contribution < -0.4 is 4.89 Å². The summed E-state index contributed by atoms with van der Waals surface area (Å²) in [5.74, 6) is -0.328. The molecule has 0 aromatic carbocycles. The Morgan fingerprint density at radius 3 is 1.17 bits per heavy atom. The minimum absolute atomic E-state index is 0.0291. The first-order valence-corrected chi connectivity index (χ1v) is 31.5. The third kappa shape index (κ3) is 57.8. The van der Waals surface area contributed by atoms with Gasteiger partial charge in [0.15, 0.2) is 0 Å². The molecule has 0 N–H and O–H groups in total. The second-order valence-electron chi connectivity index (χ2n) is 21.7. The lowest BCUT2D eigenvalue weighted by atomic mass is 10.0. The first kappa shape index (κ1) is 68.0. The third-order valence-corrected chi connectivity index (χ3v) is 14.5. The predicted molar refractivity (Wildman–Crippen MR) is 296 cm³/mol. The van der Waals surface area contributed by atoms with Gasteiger partial charge in [0, 0.05) is 13.0 Å². The van der Waals surface area contributed by atoms with Gasteiger partial charge in [-0.25, -0.2) is 0 Å². The quantitative estimate of drug-likeness (QED) is 0.0197. The topological polar surface area (TPSA) is 94.1 Å². The number of unbranched alkanes of at least 4 members (excludes halogenated alkanes) is 39. The Hall–Kier alpha value is -1.02. The fourth-order valence-electron chi connectivity index (χ4n) is 8.88. The molecular formula is C60H118NO7P. The molecule has 0 heterocycles. The second-order valence-corrected chi connectivity index (χ2v) is 23.1. The van der Waals surface area contributed by atoms with Gasteiger partial charge in [-0.1, -0.05) is 269 Å². The lowest BCUT2D eigenvalue weighted by Crippen LogP contribution is -2.37. The summed E-state index contributed by atoms with van der Waals surface area (Å²) in [7, 11) is 1.37. The summed E-state index contributed by atoms with van der Waals surface area (Å²) in [6.07, 6.45) is 65.1. The van der Waals surface area contributed by atoms with Crippen molar-refractivity contribution in [3.63, 3.8) is 0 Å². The molecule has 8 nitrogen and oxygen atoms in total. The van der Waals surface area contributed by atoms with Crippen LogP contribution in [0.4, 0.5) is 0 Å². The summed E-state index contributed by atoms with van der Waals surface area (Å²) < 4.78 is 34.9. The molecule has 0 fully saturated rings. The minimum atomic E-state index is -4.53. The second kappa shape index (κ2) is 53.3. The van der Waals surface area contributed by atoms with Crippen molar-refractivity contribution in [3.8, 4) is 0 Å². The number of quaternary nitrogens is 1.